The van der Waals surface area contributed by atoms with Gasteiger partial charge < -0.3 is 18.8 Å². The molecule has 1 fully saturated rings. The van der Waals surface area contributed by atoms with Gasteiger partial charge in [-0.2, -0.15) is 0 Å². The Labute approximate surface area is 397 Å². The molecule has 2 atom stereocenters. The minimum Gasteiger partial charge on any atom is -0.456 e. The van der Waals surface area contributed by atoms with Gasteiger partial charge in [-0.25, -0.2) is 0 Å². The van der Waals surface area contributed by atoms with Gasteiger partial charge in [0.25, 0.3) is 6.71 Å². The number of fused-ring (bicyclic) bond motifs is 15. The Morgan fingerprint density at radius 1 is 0.597 bits per heavy atom. The van der Waals surface area contributed by atoms with Crippen LogP contribution in [0.3, 0.4) is 0 Å². The molecule has 10 aromatic rings. The number of hydrogen-bond donors (Lipinski definition) is 0. The summed E-state index contributed by atoms with van der Waals surface area (Å²) in [6, 6.07) is 49.4. The fraction of sp³-hybridized carbons (Fsp3) is 0.279. The topological polar surface area (TPSA) is 24.6 Å². The highest BCUT2D eigenvalue weighted by molar-refractivity contribution is 7.26. The van der Waals surface area contributed by atoms with Crippen LogP contribution in [0.1, 0.15) is 103 Å². The lowest BCUT2D eigenvalue weighted by molar-refractivity contribution is 0.195. The van der Waals surface area contributed by atoms with Crippen molar-refractivity contribution in [3.05, 3.63) is 150 Å². The van der Waals surface area contributed by atoms with Crippen LogP contribution >= 0.6 is 11.3 Å². The summed E-state index contributed by atoms with van der Waals surface area (Å²) in [6.45, 7) is 21.7. The third-order valence-electron chi connectivity index (χ3n) is 17.0. The average Bonchev–Trinajstić information content (AvgIpc) is 4.02. The quantitative estimate of drug-likeness (QED) is 0.162. The van der Waals surface area contributed by atoms with Crippen molar-refractivity contribution < 1.29 is 4.42 Å². The minimum atomic E-state index is -0.0896. The highest BCUT2D eigenvalue weighted by Crippen LogP contribution is 2.62. The first-order valence-electron chi connectivity index (χ1n) is 24.6. The number of furan rings is 1. The van der Waals surface area contributed by atoms with Crippen LogP contribution in [0.15, 0.2) is 132 Å². The van der Waals surface area contributed by atoms with Crippen LogP contribution < -0.4 is 26.2 Å². The van der Waals surface area contributed by atoms with Crippen molar-refractivity contribution in [2.24, 2.45) is 0 Å². The number of aryl methyl sites for hydroxylation is 1. The molecule has 7 aromatic carbocycles. The molecule has 330 valence electrons. The lowest BCUT2D eigenvalue weighted by Crippen LogP contribution is -2.60. The molecule has 14 rings (SSSR count). The SMILES string of the molecule is Cc1cc2c3c(c1)-n1c4c(cc(C(C)(C)C)cc4c4sc5ccccc5c41)B3c1ccc(N3c4ccc(C(C)(C)C)cc4C4(C)CCCCC34C)cc1N2c1cccc2oc3ccccc3c12. The number of thiophene rings is 1. The fourth-order valence-corrected chi connectivity index (χ4v) is 14.7. The molecule has 2 unspecified atom stereocenters. The van der Waals surface area contributed by atoms with Crippen molar-refractivity contribution in [3.8, 4) is 5.69 Å². The van der Waals surface area contributed by atoms with E-state index in [1.54, 1.807) is 0 Å². The molecule has 0 radical (unpaired) electrons. The van der Waals surface area contributed by atoms with E-state index >= 15 is 0 Å². The molecule has 0 saturated heterocycles. The van der Waals surface area contributed by atoms with E-state index in [-0.39, 0.29) is 28.5 Å². The first kappa shape index (κ1) is 39.9. The van der Waals surface area contributed by atoms with Gasteiger partial charge in [-0.1, -0.05) is 128 Å². The molecule has 67 heavy (non-hydrogen) atoms. The molecule has 4 aliphatic rings. The second-order valence-corrected chi connectivity index (χ2v) is 24.0. The molecule has 4 nitrogen and oxygen atoms in total. The molecule has 0 amide bonds. The molecular weight excluding hydrogens is 834 g/mol. The van der Waals surface area contributed by atoms with E-state index in [4.69, 9.17) is 4.42 Å². The highest BCUT2D eigenvalue weighted by atomic mass is 32.1. The molecule has 0 bridgehead atoms. The first-order valence-corrected chi connectivity index (χ1v) is 25.4. The number of benzene rings is 7. The molecule has 6 heterocycles. The van der Waals surface area contributed by atoms with Crippen molar-refractivity contribution in [2.45, 2.75) is 110 Å². The Kier molecular flexibility index (Phi) is 7.77. The predicted octanol–water partition coefficient (Wildman–Crippen LogP) is 15.2. The van der Waals surface area contributed by atoms with E-state index in [2.05, 4.69) is 204 Å². The van der Waals surface area contributed by atoms with Crippen molar-refractivity contribution in [1.29, 1.82) is 0 Å². The van der Waals surface area contributed by atoms with Gasteiger partial charge in [0.1, 0.15) is 11.2 Å². The number of nitrogens with zero attached hydrogens (tertiary/aromatic N) is 3. The number of aromatic nitrogens is 1. The first-order chi connectivity index (χ1) is 32.1. The van der Waals surface area contributed by atoms with Crippen molar-refractivity contribution in [3.63, 3.8) is 0 Å². The summed E-state index contributed by atoms with van der Waals surface area (Å²) >= 11 is 1.95. The average molecular weight is 890 g/mol. The molecule has 0 N–H and O–H groups in total. The van der Waals surface area contributed by atoms with Crippen LogP contribution in [0.5, 0.6) is 0 Å². The van der Waals surface area contributed by atoms with Crippen molar-refractivity contribution in [1.82, 2.24) is 4.57 Å². The molecule has 1 aliphatic carbocycles. The second-order valence-electron chi connectivity index (χ2n) is 22.9. The second kappa shape index (κ2) is 13.0. The highest BCUT2D eigenvalue weighted by Gasteiger charge is 2.58. The minimum absolute atomic E-state index is 0.0160. The normalized spacial score (nSPS) is 19.8. The van der Waals surface area contributed by atoms with E-state index in [1.165, 1.54) is 118 Å². The number of para-hydroxylation sites is 1. The zero-order valence-electron chi connectivity index (χ0n) is 40.2. The van der Waals surface area contributed by atoms with Crippen LogP contribution in [0.4, 0.5) is 28.4 Å². The Morgan fingerprint density at radius 3 is 2.16 bits per heavy atom. The van der Waals surface area contributed by atoms with Gasteiger partial charge >= 0.3 is 0 Å². The van der Waals surface area contributed by atoms with E-state index in [0.29, 0.717) is 0 Å². The maximum atomic E-state index is 6.68. The smallest absolute Gasteiger partial charge is 0.252 e. The van der Waals surface area contributed by atoms with Gasteiger partial charge in [-0.15, -0.1) is 11.3 Å². The maximum absolute atomic E-state index is 6.68. The summed E-state index contributed by atoms with van der Waals surface area (Å²) in [5, 5.41) is 4.99. The summed E-state index contributed by atoms with van der Waals surface area (Å²) in [6.07, 6.45) is 4.84. The maximum Gasteiger partial charge on any atom is 0.252 e. The van der Waals surface area contributed by atoms with Gasteiger partial charge in [0.05, 0.1) is 32.3 Å². The lowest BCUT2D eigenvalue weighted by atomic mass is 9.33. The summed E-state index contributed by atoms with van der Waals surface area (Å²) in [4.78, 5) is 5.41. The van der Waals surface area contributed by atoms with E-state index in [1.807, 2.05) is 11.3 Å². The van der Waals surface area contributed by atoms with Crippen molar-refractivity contribution >= 4 is 116 Å². The van der Waals surface area contributed by atoms with Gasteiger partial charge in [0.15, 0.2) is 0 Å². The van der Waals surface area contributed by atoms with Crippen LogP contribution in [0.25, 0.3) is 58.8 Å². The van der Waals surface area contributed by atoms with Gasteiger partial charge in [0.2, 0.25) is 0 Å². The monoisotopic (exact) mass is 889 g/mol. The van der Waals surface area contributed by atoms with Crippen LogP contribution in [-0.4, -0.2) is 16.8 Å². The summed E-state index contributed by atoms with van der Waals surface area (Å²) in [5.41, 5.74) is 21.7. The molecule has 3 aliphatic heterocycles. The summed E-state index contributed by atoms with van der Waals surface area (Å²) in [5.74, 6) is 0. The van der Waals surface area contributed by atoms with Crippen LogP contribution in [0.2, 0.25) is 0 Å². The Morgan fingerprint density at radius 2 is 1.34 bits per heavy atom. The molecular formula is C61H56BN3OS. The largest absolute Gasteiger partial charge is 0.456 e. The third kappa shape index (κ3) is 5.10. The Bertz CT molecular complexity index is 3820. The molecule has 6 heteroatoms. The number of anilines is 5. The zero-order chi connectivity index (χ0) is 45.7. The number of hydrogen-bond acceptors (Lipinski definition) is 4. The zero-order valence-corrected chi connectivity index (χ0v) is 41.0. The fourth-order valence-electron chi connectivity index (χ4n) is 13.5. The number of rotatable bonds is 2. The van der Waals surface area contributed by atoms with Gasteiger partial charge in [-0.3, -0.25) is 0 Å². The molecule has 0 spiro atoms. The standard InChI is InChI=1S/C61H56BN3OS/c1-35-29-48-54-49(30-35)64-55-41(57-56(64)40-18-11-13-22-52(40)67-57)31-37(59(5,6)7)33-44(55)62(54)43-25-24-38(34-47(43)63(48)46-19-16-21-51-53(46)39-17-10-12-20-50(39)66-51)65-45-26-23-36(58(2,3)4)32-42(45)60(8)27-14-15-28-61(60,65)9/h10-13,16-26,29-34H,14-15,27-28H2,1-9H3. The predicted molar refractivity (Wildman–Crippen MR) is 288 cm³/mol. The van der Waals surface area contributed by atoms with Gasteiger partial charge in [-0.05, 0) is 137 Å². The van der Waals surface area contributed by atoms with E-state index in [0.717, 1.165) is 34.0 Å². The lowest BCUT2D eigenvalue weighted by Gasteiger charge is -2.50. The van der Waals surface area contributed by atoms with E-state index in [9.17, 15) is 0 Å². The van der Waals surface area contributed by atoms with Crippen LogP contribution in [0, 0.1) is 6.92 Å². The Balaban J connectivity index is 1.11. The molecule has 1 saturated carbocycles. The van der Waals surface area contributed by atoms with Crippen LogP contribution in [-0.2, 0) is 16.2 Å². The third-order valence-corrected chi connectivity index (χ3v) is 18.2. The molecule has 3 aromatic heterocycles. The summed E-state index contributed by atoms with van der Waals surface area (Å²) in [7, 11) is 0. The summed E-state index contributed by atoms with van der Waals surface area (Å²) < 4.78 is 12.1. The Hall–Kier alpha value is -6.24. The van der Waals surface area contributed by atoms with Crippen molar-refractivity contribution in [2.75, 3.05) is 9.80 Å². The van der Waals surface area contributed by atoms with Gasteiger partial charge in [0, 0.05) is 54.7 Å². The van der Waals surface area contributed by atoms with E-state index < -0.39 is 0 Å².